The van der Waals surface area contributed by atoms with Gasteiger partial charge in [-0.25, -0.2) is 0 Å². The maximum atomic E-state index is 12.4. The number of benzene rings is 2. The van der Waals surface area contributed by atoms with Gasteiger partial charge in [0, 0.05) is 5.69 Å². The summed E-state index contributed by atoms with van der Waals surface area (Å²) in [6, 6.07) is 14.1. The summed E-state index contributed by atoms with van der Waals surface area (Å²) >= 11 is 29.2. The zero-order valence-electron chi connectivity index (χ0n) is 13.5. The first-order chi connectivity index (χ1) is 12.2. The van der Waals surface area contributed by atoms with Crippen LogP contribution in [0.1, 0.15) is 15.9 Å². The van der Waals surface area contributed by atoms with Gasteiger partial charge in [0.25, 0.3) is 5.91 Å². The Morgan fingerprint density at radius 2 is 1.65 bits per heavy atom. The maximum Gasteiger partial charge on any atom is 0.254 e. The third kappa shape index (κ3) is 6.18. The average Bonchev–Trinajstić information content (AvgIpc) is 2.56. The van der Waals surface area contributed by atoms with E-state index in [1.165, 1.54) is 0 Å². The number of halogens is 4. The Kier molecular flexibility index (Phi) is 7.38. The van der Waals surface area contributed by atoms with E-state index in [9.17, 15) is 4.79 Å². The number of carbonyl (C=O) groups is 1. The topological polar surface area (TPSA) is 53.2 Å². The molecule has 0 aliphatic carbocycles. The Balaban J connectivity index is 2.07. The highest BCUT2D eigenvalue weighted by molar-refractivity contribution is 7.80. The van der Waals surface area contributed by atoms with Crippen molar-refractivity contribution in [2.75, 3.05) is 5.32 Å². The molecule has 26 heavy (non-hydrogen) atoms. The molecule has 3 N–H and O–H groups in total. The molecule has 1 amide bonds. The van der Waals surface area contributed by atoms with Gasteiger partial charge in [0.2, 0.25) is 3.79 Å². The number of rotatable bonds is 4. The normalized spacial score (nSPS) is 12.2. The highest BCUT2D eigenvalue weighted by Crippen LogP contribution is 2.29. The number of aryl methyl sites for hydroxylation is 1. The van der Waals surface area contributed by atoms with E-state index in [1.54, 1.807) is 24.3 Å². The summed E-state index contributed by atoms with van der Waals surface area (Å²) in [6.07, 6.45) is -1.08. The first-order valence-electron chi connectivity index (χ1n) is 7.43. The molecule has 0 saturated carbocycles. The molecule has 1 atom stereocenters. The van der Waals surface area contributed by atoms with Gasteiger partial charge in [-0.05, 0) is 43.4 Å². The summed E-state index contributed by atoms with van der Waals surface area (Å²) in [5.41, 5.74) is 2.13. The minimum absolute atomic E-state index is 0.185. The van der Waals surface area contributed by atoms with E-state index < -0.39 is 15.9 Å². The Labute approximate surface area is 177 Å². The van der Waals surface area contributed by atoms with E-state index in [4.69, 9.17) is 58.6 Å². The van der Waals surface area contributed by atoms with Gasteiger partial charge in [0.15, 0.2) is 5.11 Å². The van der Waals surface area contributed by atoms with Gasteiger partial charge in [-0.15, -0.1) is 0 Å². The Morgan fingerprint density at radius 3 is 2.23 bits per heavy atom. The number of anilines is 1. The van der Waals surface area contributed by atoms with Crippen molar-refractivity contribution in [2.45, 2.75) is 16.9 Å². The lowest BCUT2D eigenvalue weighted by atomic mass is 10.2. The molecule has 0 unspecified atom stereocenters. The smallest absolute Gasteiger partial charge is 0.254 e. The van der Waals surface area contributed by atoms with Gasteiger partial charge in [-0.2, -0.15) is 0 Å². The van der Waals surface area contributed by atoms with Gasteiger partial charge < -0.3 is 16.0 Å². The van der Waals surface area contributed by atoms with Crippen molar-refractivity contribution in [3.05, 3.63) is 64.7 Å². The molecule has 138 valence electrons. The number of hydrogen-bond donors (Lipinski definition) is 3. The quantitative estimate of drug-likeness (QED) is 0.346. The van der Waals surface area contributed by atoms with Gasteiger partial charge in [0.05, 0.1) is 10.6 Å². The van der Waals surface area contributed by atoms with Crippen LogP contribution in [0.3, 0.4) is 0 Å². The Hall–Kier alpha value is -1.24. The second-order valence-corrected chi connectivity index (χ2v) is 8.58. The lowest BCUT2D eigenvalue weighted by Gasteiger charge is -2.28. The van der Waals surface area contributed by atoms with Crippen LogP contribution in [0.5, 0.6) is 0 Å². The standard InChI is InChI=1S/C17H15Cl4N3OS/c1-10-6-8-11(9-7-10)22-16(26)24-15(17(19,20)21)23-14(25)12-4-2-3-5-13(12)18/h2-9,15H,1H3,(H,23,25)(H2,22,24,26)/t15-/m1/s1. The van der Waals surface area contributed by atoms with E-state index in [-0.39, 0.29) is 15.7 Å². The van der Waals surface area contributed by atoms with Gasteiger partial charge in [0.1, 0.15) is 6.17 Å². The monoisotopic (exact) mass is 449 g/mol. The third-order valence-corrected chi connectivity index (χ3v) is 4.51. The Morgan fingerprint density at radius 1 is 1.04 bits per heavy atom. The lowest BCUT2D eigenvalue weighted by molar-refractivity contribution is 0.0934. The summed E-state index contributed by atoms with van der Waals surface area (Å²) in [6.45, 7) is 1.98. The molecule has 0 saturated heterocycles. The van der Waals surface area contributed by atoms with Gasteiger partial charge in [-0.3, -0.25) is 4.79 Å². The summed E-state index contributed by atoms with van der Waals surface area (Å²) < 4.78 is -1.85. The van der Waals surface area contributed by atoms with Gasteiger partial charge >= 0.3 is 0 Å². The number of thiocarbonyl (C=S) groups is 1. The summed E-state index contributed by atoms with van der Waals surface area (Å²) in [7, 11) is 0. The second-order valence-electron chi connectivity index (χ2n) is 5.39. The van der Waals surface area contributed by atoms with E-state index in [1.807, 2.05) is 31.2 Å². The van der Waals surface area contributed by atoms with Crippen LogP contribution in [0.2, 0.25) is 5.02 Å². The summed E-state index contributed by atoms with van der Waals surface area (Å²) in [5.74, 6) is -0.502. The minimum atomic E-state index is -1.85. The van der Waals surface area contributed by atoms with Gasteiger partial charge in [-0.1, -0.05) is 76.2 Å². The van der Waals surface area contributed by atoms with E-state index >= 15 is 0 Å². The van der Waals surface area contributed by atoms with E-state index in [0.29, 0.717) is 0 Å². The molecule has 2 aromatic carbocycles. The zero-order valence-corrected chi connectivity index (χ0v) is 17.4. The number of nitrogens with one attached hydrogen (secondary N) is 3. The molecule has 2 rings (SSSR count). The van der Waals surface area contributed by atoms with Crippen molar-refractivity contribution in [1.82, 2.24) is 10.6 Å². The van der Waals surface area contributed by atoms with Crippen LogP contribution in [-0.2, 0) is 0 Å². The number of carbonyl (C=O) groups excluding carboxylic acids is 1. The number of amides is 1. The summed E-state index contributed by atoms with van der Waals surface area (Å²) in [4.78, 5) is 12.4. The van der Waals surface area contributed by atoms with Crippen molar-refractivity contribution < 1.29 is 4.79 Å². The predicted molar refractivity (Wildman–Crippen MR) is 114 cm³/mol. The highest BCUT2D eigenvalue weighted by Gasteiger charge is 2.35. The largest absolute Gasteiger partial charge is 0.339 e. The van der Waals surface area contributed by atoms with Crippen LogP contribution < -0.4 is 16.0 Å². The molecule has 0 fully saturated rings. The second kappa shape index (κ2) is 9.11. The third-order valence-electron chi connectivity index (χ3n) is 3.31. The number of hydrogen-bond acceptors (Lipinski definition) is 2. The van der Waals surface area contributed by atoms with Crippen molar-refractivity contribution >= 4 is 75.3 Å². The van der Waals surface area contributed by atoms with Crippen molar-refractivity contribution in [2.24, 2.45) is 0 Å². The Bertz CT molecular complexity index is 793. The maximum absolute atomic E-state index is 12.4. The van der Waals surface area contributed by atoms with Crippen LogP contribution in [0, 0.1) is 6.92 Å². The molecular formula is C17H15Cl4N3OS. The molecular weight excluding hydrogens is 436 g/mol. The average molecular weight is 451 g/mol. The summed E-state index contributed by atoms with van der Waals surface area (Å²) in [5, 5.41) is 8.81. The lowest BCUT2D eigenvalue weighted by Crippen LogP contribution is -2.56. The van der Waals surface area contributed by atoms with Crippen molar-refractivity contribution in [3.63, 3.8) is 0 Å². The zero-order chi connectivity index (χ0) is 19.3. The van der Waals surface area contributed by atoms with Crippen molar-refractivity contribution in [1.29, 1.82) is 0 Å². The van der Waals surface area contributed by atoms with Crippen LogP contribution in [0.4, 0.5) is 5.69 Å². The molecule has 0 spiro atoms. The molecule has 2 aromatic rings. The van der Waals surface area contributed by atoms with Crippen LogP contribution in [0.15, 0.2) is 48.5 Å². The fourth-order valence-electron chi connectivity index (χ4n) is 1.99. The minimum Gasteiger partial charge on any atom is -0.339 e. The SMILES string of the molecule is Cc1ccc(NC(=S)N[C@@H](NC(=O)c2ccccc2Cl)C(Cl)(Cl)Cl)cc1. The number of alkyl halides is 3. The fraction of sp³-hybridized carbons (Fsp3) is 0.176. The van der Waals surface area contributed by atoms with Crippen LogP contribution >= 0.6 is 58.6 Å². The molecule has 4 nitrogen and oxygen atoms in total. The highest BCUT2D eigenvalue weighted by atomic mass is 35.6. The molecule has 0 aliphatic rings. The molecule has 0 aromatic heterocycles. The van der Waals surface area contributed by atoms with Crippen LogP contribution in [0.25, 0.3) is 0 Å². The predicted octanol–water partition coefficient (Wildman–Crippen LogP) is 5.06. The first kappa shape index (κ1) is 21.1. The molecule has 0 bridgehead atoms. The molecule has 9 heteroatoms. The first-order valence-corrected chi connectivity index (χ1v) is 9.35. The van der Waals surface area contributed by atoms with E-state index in [0.717, 1.165) is 11.3 Å². The van der Waals surface area contributed by atoms with Crippen LogP contribution in [-0.4, -0.2) is 21.0 Å². The van der Waals surface area contributed by atoms with Crippen molar-refractivity contribution in [3.8, 4) is 0 Å². The molecule has 0 heterocycles. The fourth-order valence-corrected chi connectivity index (χ4v) is 2.77. The molecule has 0 aliphatic heterocycles. The van der Waals surface area contributed by atoms with E-state index in [2.05, 4.69) is 16.0 Å². The molecule has 0 radical (unpaired) electrons.